The van der Waals surface area contributed by atoms with E-state index < -0.39 is 10.0 Å². The highest BCUT2D eigenvalue weighted by Crippen LogP contribution is 2.27. The van der Waals surface area contributed by atoms with E-state index >= 15 is 0 Å². The Morgan fingerprint density at radius 2 is 1.74 bits per heavy atom. The van der Waals surface area contributed by atoms with Gasteiger partial charge in [-0.25, -0.2) is 8.42 Å². The SMILES string of the molecule is CC1CN(S(=O)(=O)c2ccc(Cl)c(Cl)c2)CC(C)O1. The third-order valence-electron chi connectivity index (χ3n) is 2.91. The molecule has 4 nitrogen and oxygen atoms in total. The van der Waals surface area contributed by atoms with Gasteiger partial charge in [0.15, 0.2) is 0 Å². The molecule has 2 atom stereocenters. The lowest BCUT2D eigenvalue weighted by molar-refractivity contribution is -0.0440. The fraction of sp³-hybridized carbons (Fsp3) is 0.500. The molecule has 0 N–H and O–H groups in total. The van der Waals surface area contributed by atoms with Crippen LogP contribution in [0.25, 0.3) is 0 Å². The first-order chi connectivity index (χ1) is 8.80. The van der Waals surface area contributed by atoms with Crippen LogP contribution in [0.15, 0.2) is 23.1 Å². The summed E-state index contributed by atoms with van der Waals surface area (Å²) in [6.45, 7) is 4.39. The molecular weight excluding hydrogens is 309 g/mol. The summed E-state index contributed by atoms with van der Waals surface area (Å²) in [4.78, 5) is 0.156. The number of hydrogen-bond donors (Lipinski definition) is 0. The van der Waals surface area contributed by atoms with Crippen LogP contribution in [-0.2, 0) is 14.8 Å². The van der Waals surface area contributed by atoms with E-state index in [1.165, 1.54) is 22.5 Å². The third-order valence-corrected chi connectivity index (χ3v) is 5.48. The number of ether oxygens (including phenoxy) is 1. The Bertz CT molecular complexity index is 566. The third kappa shape index (κ3) is 3.23. The maximum Gasteiger partial charge on any atom is 0.243 e. The van der Waals surface area contributed by atoms with E-state index in [1.54, 1.807) is 0 Å². The first-order valence-corrected chi connectivity index (χ1v) is 8.11. The van der Waals surface area contributed by atoms with Gasteiger partial charge in [-0.1, -0.05) is 23.2 Å². The first kappa shape index (κ1) is 15.1. The molecule has 1 aromatic rings. The summed E-state index contributed by atoms with van der Waals surface area (Å²) in [5.74, 6) is 0. The van der Waals surface area contributed by atoms with Gasteiger partial charge in [-0.15, -0.1) is 0 Å². The second-order valence-corrected chi connectivity index (χ2v) is 7.41. The molecule has 0 radical (unpaired) electrons. The van der Waals surface area contributed by atoms with Crippen molar-refractivity contribution in [2.24, 2.45) is 0 Å². The molecule has 106 valence electrons. The zero-order valence-corrected chi connectivity index (χ0v) is 13.0. The minimum atomic E-state index is -3.56. The van der Waals surface area contributed by atoms with Crippen molar-refractivity contribution in [1.82, 2.24) is 4.31 Å². The summed E-state index contributed by atoms with van der Waals surface area (Å²) in [6.07, 6.45) is -0.248. The lowest BCUT2D eigenvalue weighted by atomic mass is 10.3. The summed E-state index contributed by atoms with van der Waals surface area (Å²) in [6, 6.07) is 4.34. The maximum atomic E-state index is 12.5. The summed E-state index contributed by atoms with van der Waals surface area (Å²) >= 11 is 11.7. The van der Waals surface area contributed by atoms with Gasteiger partial charge < -0.3 is 4.74 Å². The van der Waals surface area contributed by atoms with Crippen molar-refractivity contribution in [2.75, 3.05) is 13.1 Å². The van der Waals surface area contributed by atoms with Crippen LogP contribution < -0.4 is 0 Å². The van der Waals surface area contributed by atoms with Gasteiger partial charge in [0.25, 0.3) is 0 Å². The number of hydrogen-bond acceptors (Lipinski definition) is 3. The van der Waals surface area contributed by atoms with Gasteiger partial charge in [0, 0.05) is 13.1 Å². The zero-order valence-electron chi connectivity index (χ0n) is 10.6. The predicted molar refractivity (Wildman–Crippen MR) is 75.2 cm³/mol. The molecular formula is C12H15Cl2NO3S. The molecule has 1 aliphatic rings. The standard InChI is InChI=1S/C12H15Cl2NO3S/c1-8-6-15(7-9(2)18-8)19(16,17)10-3-4-11(13)12(14)5-10/h3-5,8-9H,6-7H2,1-2H3. The Morgan fingerprint density at radius 1 is 1.16 bits per heavy atom. The molecule has 0 bridgehead atoms. The van der Waals surface area contributed by atoms with Crippen molar-refractivity contribution in [2.45, 2.75) is 31.0 Å². The van der Waals surface area contributed by atoms with Crippen LogP contribution in [-0.4, -0.2) is 38.0 Å². The highest BCUT2D eigenvalue weighted by molar-refractivity contribution is 7.89. The fourth-order valence-corrected chi connectivity index (χ4v) is 4.09. The maximum absolute atomic E-state index is 12.5. The van der Waals surface area contributed by atoms with Crippen molar-refractivity contribution in [3.8, 4) is 0 Å². The lowest BCUT2D eigenvalue weighted by Crippen LogP contribution is -2.48. The molecule has 1 saturated heterocycles. The molecule has 0 aromatic heterocycles. The van der Waals surface area contributed by atoms with Crippen molar-refractivity contribution in [3.63, 3.8) is 0 Å². The number of sulfonamides is 1. The molecule has 7 heteroatoms. The Kier molecular flexibility index (Phi) is 4.42. The minimum Gasteiger partial charge on any atom is -0.373 e. The number of nitrogens with zero attached hydrogens (tertiary/aromatic N) is 1. The molecule has 1 aromatic carbocycles. The average Bonchev–Trinajstić information content (AvgIpc) is 2.31. The zero-order chi connectivity index (χ0) is 14.2. The van der Waals surface area contributed by atoms with Crippen molar-refractivity contribution in [1.29, 1.82) is 0 Å². The number of rotatable bonds is 2. The van der Waals surface area contributed by atoms with Crippen LogP contribution in [0.1, 0.15) is 13.8 Å². The highest BCUT2D eigenvalue weighted by atomic mass is 35.5. The van der Waals surface area contributed by atoms with Gasteiger partial charge in [0.05, 0.1) is 27.1 Å². The van der Waals surface area contributed by atoms with Gasteiger partial charge in [0.2, 0.25) is 10.0 Å². The lowest BCUT2D eigenvalue weighted by Gasteiger charge is -2.34. The Balaban J connectivity index is 2.33. The van der Waals surface area contributed by atoms with E-state index in [9.17, 15) is 8.42 Å². The van der Waals surface area contributed by atoms with Gasteiger partial charge in [-0.3, -0.25) is 0 Å². The Morgan fingerprint density at radius 3 is 2.26 bits per heavy atom. The second kappa shape index (κ2) is 5.58. The normalized spacial score (nSPS) is 25.5. The molecule has 2 unspecified atom stereocenters. The molecule has 19 heavy (non-hydrogen) atoms. The van der Waals surface area contributed by atoms with Crippen LogP contribution in [0.2, 0.25) is 10.0 Å². The first-order valence-electron chi connectivity index (χ1n) is 5.91. The van der Waals surface area contributed by atoms with Crippen molar-refractivity contribution >= 4 is 33.2 Å². The number of morpholine rings is 1. The van der Waals surface area contributed by atoms with Gasteiger partial charge in [-0.05, 0) is 32.0 Å². The van der Waals surface area contributed by atoms with Crippen molar-refractivity contribution in [3.05, 3.63) is 28.2 Å². The second-order valence-electron chi connectivity index (χ2n) is 4.66. The highest BCUT2D eigenvalue weighted by Gasteiger charge is 2.32. The predicted octanol–water partition coefficient (Wildman–Crippen LogP) is 2.79. The molecule has 0 spiro atoms. The van der Waals surface area contributed by atoms with E-state index in [0.717, 1.165) is 0 Å². The van der Waals surface area contributed by atoms with E-state index in [4.69, 9.17) is 27.9 Å². The Hall–Kier alpha value is -0.330. The van der Waals surface area contributed by atoms with Gasteiger partial charge in [-0.2, -0.15) is 4.31 Å². The van der Waals surface area contributed by atoms with Crippen LogP contribution in [0.4, 0.5) is 0 Å². The molecule has 0 amide bonds. The smallest absolute Gasteiger partial charge is 0.243 e. The monoisotopic (exact) mass is 323 g/mol. The molecule has 1 aliphatic heterocycles. The number of benzene rings is 1. The van der Waals surface area contributed by atoms with Crippen LogP contribution in [0, 0.1) is 0 Å². The van der Waals surface area contributed by atoms with Gasteiger partial charge >= 0.3 is 0 Å². The van der Waals surface area contributed by atoms with Crippen LogP contribution in [0.3, 0.4) is 0 Å². The van der Waals surface area contributed by atoms with E-state index in [0.29, 0.717) is 18.1 Å². The Labute approximate surface area is 123 Å². The van der Waals surface area contributed by atoms with E-state index in [2.05, 4.69) is 0 Å². The van der Waals surface area contributed by atoms with Crippen LogP contribution in [0.5, 0.6) is 0 Å². The number of halogens is 2. The van der Waals surface area contributed by atoms with E-state index in [1.807, 2.05) is 13.8 Å². The summed E-state index contributed by atoms with van der Waals surface area (Å²) in [7, 11) is -3.56. The molecule has 2 rings (SSSR count). The summed E-state index contributed by atoms with van der Waals surface area (Å²) in [5.41, 5.74) is 0. The van der Waals surface area contributed by atoms with E-state index in [-0.39, 0.29) is 22.1 Å². The molecule has 0 aliphatic carbocycles. The largest absolute Gasteiger partial charge is 0.373 e. The summed E-state index contributed by atoms with van der Waals surface area (Å²) in [5, 5.41) is 0.571. The average molecular weight is 324 g/mol. The molecule has 0 saturated carbocycles. The van der Waals surface area contributed by atoms with Crippen LogP contribution >= 0.6 is 23.2 Å². The topological polar surface area (TPSA) is 46.6 Å². The molecule has 1 heterocycles. The van der Waals surface area contributed by atoms with Gasteiger partial charge in [0.1, 0.15) is 0 Å². The minimum absolute atomic E-state index is 0.124. The fourth-order valence-electron chi connectivity index (χ4n) is 2.11. The summed E-state index contributed by atoms with van der Waals surface area (Å²) < 4.78 is 32.0. The quantitative estimate of drug-likeness (QED) is 0.840. The molecule has 1 fully saturated rings. The van der Waals surface area contributed by atoms with Crippen molar-refractivity contribution < 1.29 is 13.2 Å².